The Labute approximate surface area is 148 Å². The molecule has 25 heavy (non-hydrogen) atoms. The van der Waals surface area contributed by atoms with Gasteiger partial charge in [0.25, 0.3) is 11.8 Å². The number of aromatic nitrogens is 2. The molecule has 8 heteroatoms. The molecule has 0 radical (unpaired) electrons. The zero-order valence-electron chi connectivity index (χ0n) is 14.4. The highest BCUT2D eigenvalue weighted by molar-refractivity contribution is 7.89. The van der Waals surface area contributed by atoms with Gasteiger partial charge in [0.1, 0.15) is 0 Å². The molecule has 1 fully saturated rings. The van der Waals surface area contributed by atoms with Gasteiger partial charge in [-0.3, -0.25) is 0 Å². The number of anilines is 1. The van der Waals surface area contributed by atoms with Crippen LogP contribution in [0.25, 0.3) is 11.5 Å². The van der Waals surface area contributed by atoms with Crippen LogP contribution in [-0.2, 0) is 10.0 Å². The van der Waals surface area contributed by atoms with Crippen molar-refractivity contribution in [3.05, 3.63) is 30.3 Å². The van der Waals surface area contributed by atoms with Gasteiger partial charge in [0.15, 0.2) is 0 Å². The van der Waals surface area contributed by atoms with E-state index in [0.717, 1.165) is 18.4 Å². The van der Waals surface area contributed by atoms with Crippen molar-refractivity contribution in [2.24, 2.45) is 5.92 Å². The number of sulfonamides is 1. The Hall–Kier alpha value is -1.93. The van der Waals surface area contributed by atoms with Crippen LogP contribution < -0.4 is 5.32 Å². The standard InChI is InChI=1S/C17H24N4O3S/c1-2-3-11-25(22,23)21-10-9-14(13-21)12-18-17-19-16(24-20-17)15-7-5-4-6-8-15/h4-8,14H,2-3,9-13H2,1H3,(H,18,20). The van der Waals surface area contributed by atoms with Gasteiger partial charge in [-0.05, 0) is 36.0 Å². The Balaban J connectivity index is 1.51. The first-order valence-electron chi connectivity index (χ1n) is 8.69. The average molecular weight is 364 g/mol. The second-order valence-corrected chi connectivity index (χ2v) is 8.44. The van der Waals surface area contributed by atoms with Crippen LogP contribution in [0.5, 0.6) is 0 Å². The van der Waals surface area contributed by atoms with E-state index in [1.807, 2.05) is 37.3 Å². The number of hydrogen-bond donors (Lipinski definition) is 1. The summed E-state index contributed by atoms with van der Waals surface area (Å²) in [5.41, 5.74) is 0.872. The maximum atomic E-state index is 12.2. The van der Waals surface area contributed by atoms with Crippen molar-refractivity contribution >= 4 is 16.0 Å². The molecule has 0 saturated carbocycles. The highest BCUT2D eigenvalue weighted by Gasteiger charge is 2.30. The monoisotopic (exact) mass is 364 g/mol. The van der Waals surface area contributed by atoms with E-state index in [1.54, 1.807) is 4.31 Å². The van der Waals surface area contributed by atoms with Gasteiger partial charge in [0.05, 0.1) is 5.75 Å². The van der Waals surface area contributed by atoms with Crippen LogP contribution in [0.15, 0.2) is 34.9 Å². The van der Waals surface area contributed by atoms with Crippen molar-refractivity contribution in [2.45, 2.75) is 26.2 Å². The molecule has 1 N–H and O–H groups in total. The van der Waals surface area contributed by atoms with E-state index in [0.29, 0.717) is 37.9 Å². The topological polar surface area (TPSA) is 88.3 Å². The highest BCUT2D eigenvalue weighted by Crippen LogP contribution is 2.22. The first-order valence-corrected chi connectivity index (χ1v) is 10.3. The predicted octanol–water partition coefficient (Wildman–Crippen LogP) is 2.60. The molecule has 2 heterocycles. The lowest BCUT2D eigenvalue weighted by atomic mass is 10.1. The fraction of sp³-hybridized carbons (Fsp3) is 0.529. The number of nitrogens with one attached hydrogen (secondary N) is 1. The van der Waals surface area contributed by atoms with Crippen LogP contribution in [0.2, 0.25) is 0 Å². The molecule has 0 bridgehead atoms. The number of rotatable bonds is 8. The Morgan fingerprint density at radius 3 is 2.88 bits per heavy atom. The van der Waals surface area contributed by atoms with Gasteiger partial charge >= 0.3 is 0 Å². The van der Waals surface area contributed by atoms with Gasteiger partial charge < -0.3 is 9.84 Å². The summed E-state index contributed by atoms with van der Waals surface area (Å²) in [6.45, 7) is 3.79. The number of unbranched alkanes of at least 4 members (excludes halogenated alkanes) is 1. The van der Waals surface area contributed by atoms with Crippen molar-refractivity contribution in [1.82, 2.24) is 14.4 Å². The van der Waals surface area contributed by atoms with Crippen LogP contribution in [0.1, 0.15) is 26.2 Å². The van der Waals surface area contributed by atoms with Crippen LogP contribution >= 0.6 is 0 Å². The van der Waals surface area contributed by atoms with E-state index >= 15 is 0 Å². The molecule has 1 aromatic carbocycles. The molecule has 1 aromatic heterocycles. The largest absolute Gasteiger partial charge is 0.351 e. The van der Waals surface area contributed by atoms with Crippen LogP contribution in [-0.4, -0.2) is 48.3 Å². The third kappa shape index (κ3) is 4.58. The van der Waals surface area contributed by atoms with Crippen LogP contribution in [0, 0.1) is 5.92 Å². The molecule has 7 nitrogen and oxygen atoms in total. The average Bonchev–Trinajstić information content (AvgIpc) is 3.29. The second-order valence-electron chi connectivity index (χ2n) is 6.35. The van der Waals surface area contributed by atoms with Crippen molar-refractivity contribution in [2.75, 3.05) is 30.7 Å². The Kier molecular flexibility index (Phi) is 5.70. The quantitative estimate of drug-likeness (QED) is 0.774. The Morgan fingerprint density at radius 2 is 2.12 bits per heavy atom. The fourth-order valence-corrected chi connectivity index (χ4v) is 4.63. The molecular formula is C17H24N4O3S. The molecule has 1 unspecified atom stereocenters. The lowest BCUT2D eigenvalue weighted by molar-refractivity contribution is 0.431. The van der Waals surface area contributed by atoms with Crippen molar-refractivity contribution in [3.8, 4) is 11.5 Å². The summed E-state index contributed by atoms with van der Waals surface area (Å²) in [6, 6.07) is 9.58. The van der Waals surface area contributed by atoms with Gasteiger partial charge in [0, 0.05) is 25.2 Å². The van der Waals surface area contributed by atoms with Gasteiger partial charge in [-0.25, -0.2) is 12.7 Å². The lowest BCUT2D eigenvalue weighted by Gasteiger charge is -2.16. The zero-order valence-corrected chi connectivity index (χ0v) is 15.2. The number of benzene rings is 1. The van der Waals surface area contributed by atoms with Gasteiger partial charge in [-0.1, -0.05) is 31.5 Å². The molecule has 1 saturated heterocycles. The molecular weight excluding hydrogens is 340 g/mol. The van der Waals surface area contributed by atoms with E-state index in [9.17, 15) is 8.42 Å². The fourth-order valence-electron chi connectivity index (χ4n) is 2.90. The third-order valence-corrected chi connectivity index (χ3v) is 6.32. The smallest absolute Gasteiger partial charge is 0.263 e. The summed E-state index contributed by atoms with van der Waals surface area (Å²) in [7, 11) is -3.11. The lowest BCUT2D eigenvalue weighted by Crippen LogP contribution is -2.31. The van der Waals surface area contributed by atoms with E-state index in [1.165, 1.54) is 0 Å². The summed E-state index contributed by atoms with van der Waals surface area (Å²) in [5.74, 6) is 1.41. The van der Waals surface area contributed by atoms with Gasteiger partial charge in [-0.2, -0.15) is 4.98 Å². The molecule has 0 amide bonds. The van der Waals surface area contributed by atoms with E-state index in [4.69, 9.17) is 4.52 Å². The molecule has 1 aliphatic heterocycles. The first kappa shape index (κ1) is 17.9. The summed E-state index contributed by atoms with van der Waals surface area (Å²) in [5, 5.41) is 7.09. The van der Waals surface area contributed by atoms with Crippen molar-refractivity contribution in [3.63, 3.8) is 0 Å². The van der Waals surface area contributed by atoms with Crippen LogP contribution in [0.3, 0.4) is 0 Å². The second kappa shape index (κ2) is 7.97. The number of hydrogen-bond acceptors (Lipinski definition) is 6. The minimum Gasteiger partial charge on any atom is -0.351 e. The summed E-state index contributed by atoms with van der Waals surface area (Å²) in [4.78, 5) is 4.33. The molecule has 0 aliphatic carbocycles. The van der Waals surface area contributed by atoms with E-state index < -0.39 is 10.0 Å². The van der Waals surface area contributed by atoms with Crippen molar-refractivity contribution < 1.29 is 12.9 Å². The Bertz CT molecular complexity index is 776. The highest BCUT2D eigenvalue weighted by atomic mass is 32.2. The first-order chi connectivity index (χ1) is 12.1. The summed E-state index contributed by atoms with van der Waals surface area (Å²) in [6.07, 6.45) is 2.45. The maximum absolute atomic E-state index is 12.2. The summed E-state index contributed by atoms with van der Waals surface area (Å²) >= 11 is 0. The molecule has 136 valence electrons. The molecule has 1 atom stereocenters. The molecule has 1 aliphatic rings. The Morgan fingerprint density at radius 1 is 1.32 bits per heavy atom. The predicted molar refractivity (Wildman–Crippen MR) is 96.6 cm³/mol. The number of nitrogens with zero attached hydrogens (tertiary/aromatic N) is 3. The maximum Gasteiger partial charge on any atom is 0.263 e. The summed E-state index contributed by atoms with van der Waals surface area (Å²) < 4.78 is 31.3. The minimum atomic E-state index is -3.11. The molecule has 2 aromatic rings. The van der Waals surface area contributed by atoms with E-state index in [2.05, 4.69) is 15.5 Å². The molecule has 0 spiro atoms. The zero-order chi connectivity index (χ0) is 17.7. The SMILES string of the molecule is CCCCS(=O)(=O)N1CCC(CNc2noc(-c3ccccc3)n2)C1. The normalized spacial score (nSPS) is 18.5. The molecule has 3 rings (SSSR count). The van der Waals surface area contributed by atoms with E-state index in [-0.39, 0.29) is 11.7 Å². The van der Waals surface area contributed by atoms with Crippen LogP contribution in [0.4, 0.5) is 5.95 Å². The third-order valence-electron chi connectivity index (χ3n) is 4.39. The van der Waals surface area contributed by atoms with Gasteiger partial charge in [-0.15, -0.1) is 0 Å². The van der Waals surface area contributed by atoms with Crippen molar-refractivity contribution in [1.29, 1.82) is 0 Å². The minimum absolute atomic E-state index is 0.245. The van der Waals surface area contributed by atoms with Gasteiger partial charge in [0.2, 0.25) is 10.0 Å².